The lowest BCUT2D eigenvalue weighted by Crippen LogP contribution is -2.21. The predicted molar refractivity (Wildman–Crippen MR) is 158 cm³/mol. The van der Waals surface area contributed by atoms with Gasteiger partial charge in [0.2, 0.25) is 0 Å². The zero-order valence-electron chi connectivity index (χ0n) is 22.8. The zero-order valence-corrected chi connectivity index (χ0v) is 22.8. The Hall–Kier alpha value is -3.40. The first-order chi connectivity index (χ1) is 18.1. The second-order valence-electron chi connectivity index (χ2n) is 10.3. The van der Waals surface area contributed by atoms with Crippen LogP contribution in [0.3, 0.4) is 0 Å². The van der Waals surface area contributed by atoms with Crippen molar-refractivity contribution < 1.29 is 4.42 Å². The van der Waals surface area contributed by atoms with E-state index in [-0.39, 0.29) is 0 Å². The monoisotopic (exact) mass is 493 g/mol. The Labute approximate surface area is 220 Å². The van der Waals surface area contributed by atoms with Crippen LogP contribution in [0.4, 0.5) is 5.69 Å². The molecule has 0 saturated carbocycles. The standard InChI is InChI=1S/C33H39N3O/c1-5-8-12-23(4)13-11-18-34-30-22-32-33(28-20-25-15-10-9-14-24(25)19-27(28)30)35-29-17-16-26(21-31(29)37-32)36(6-2)7-3/h9-10,14-17,19-23H,5-8,11-13,18H2,1-4H3. The van der Waals surface area contributed by atoms with Crippen LogP contribution in [0.25, 0.3) is 44.1 Å². The van der Waals surface area contributed by atoms with Crippen molar-refractivity contribution in [2.24, 2.45) is 10.9 Å². The number of rotatable bonds is 10. The van der Waals surface area contributed by atoms with E-state index < -0.39 is 0 Å². The molecule has 5 rings (SSSR count). The zero-order chi connectivity index (χ0) is 25.8. The summed E-state index contributed by atoms with van der Waals surface area (Å²) >= 11 is 0. The molecule has 0 radical (unpaired) electrons. The number of benzene rings is 4. The van der Waals surface area contributed by atoms with E-state index in [9.17, 15) is 0 Å². The normalized spacial score (nSPS) is 13.2. The van der Waals surface area contributed by atoms with Crippen LogP contribution in [-0.4, -0.2) is 24.6 Å². The van der Waals surface area contributed by atoms with E-state index in [4.69, 9.17) is 14.4 Å². The summed E-state index contributed by atoms with van der Waals surface area (Å²) in [6.45, 7) is 11.7. The second kappa shape index (κ2) is 11.3. The Morgan fingerprint density at radius 2 is 1.59 bits per heavy atom. The van der Waals surface area contributed by atoms with E-state index in [0.717, 1.165) is 76.3 Å². The maximum atomic E-state index is 6.53. The minimum absolute atomic E-state index is 0.762. The van der Waals surface area contributed by atoms with Crippen LogP contribution in [0.15, 0.2) is 70.1 Å². The molecule has 0 amide bonds. The predicted octanol–water partition coefficient (Wildman–Crippen LogP) is 8.59. The molecule has 0 bridgehead atoms. The van der Waals surface area contributed by atoms with E-state index in [1.54, 1.807) is 0 Å². The number of aromatic nitrogens is 1. The third-order valence-electron chi connectivity index (χ3n) is 7.63. The minimum atomic E-state index is 0.762. The van der Waals surface area contributed by atoms with Gasteiger partial charge >= 0.3 is 0 Å². The Bertz CT molecular complexity index is 1550. The highest BCUT2D eigenvalue weighted by Gasteiger charge is 2.16. The molecule has 0 saturated heterocycles. The molecule has 0 aromatic heterocycles. The maximum absolute atomic E-state index is 6.53. The van der Waals surface area contributed by atoms with Crippen molar-refractivity contribution in [3.05, 3.63) is 66.0 Å². The van der Waals surface area contributed by atoms with Gasteiger partial charge in [-0.05, 0) is 67.6 Å². The number of hydrogen-bond acceptors (Lipinski definition) is 4. The van der Waals surface area contributed by atoms with Crippen molar-refractivity contribution in [2.75, 3.05) is 24.5 Å². The first-order valence-electron chi connectivity index (χ1n) is 14.1. The van der Waals surface area contributed by atoms with Gasteiger partial charge in [-0.15, -0.1) is 0 Å². The molecule has 0 fully saturated rings. The second-order valence-corrected chi connectivity index (χ2v) is 10.3. The fourth-order valence-corrected chi connectivity index (χ4v) is 5.41. The molecule has 1 aliphatic carbocycles. The molecular formula is C33H39N3O. The minimum Gasteiger partial charge on any atom is -0.453 e. The average Bonchev–Trinajstić information content (AvgIpc) is 2.93. The lowest BCUT2D eigenvalue weighted by Gasteiger charge is -2.21. The van der Waals surface area contributed by atoms with Crippen molar-refractivity contribution in [1.82, 2.24) is 4.98 Å². The molecule has 1 unspecified atom stereocenters. The first-order valence-corrected chi connectivity index (χ1v) is 14.1. The summed E-state index contributed by atoms with van der Waals surface area (Å²) in [6.07, 6.45) is 6.24. The molecular weight excluding hydrogens is 454 g/mol. The van der Waals surface area contributed by atoms with E-state index in [1.807, 2.05) is 0 Å². The van der Waals surface area contributed by atoms with Crippen LogP contribution in [0.1, 0.15) is 59.8 Å². The Morgan fingerprint density at radius 3 is 2.32 bits per heavy atom. The average molecular weight is 494 g/mol. The van der Waals surface area contributed by atoms with Gasteiger partial charge in [0.1, 0.15) is 11.2 Å². The summed E-state index contributed by atoms with van der Waals surface area (Å²) in [7, 11) is 0. The SMILES string of the molecule is CCCCC(C)CCCN=c1cc2oc3cc(N(CC)CC)ccc3nc-2c2cc3ccccc3cc12. The summed E-state index contributed by atoms with van der Waals surface area (Å²) in [5.74, 6) is 1.56. The van der Waals surface area contributed by atoms with E-state index in [0.29, 0.717) is 0 Å². The van der Waals surface area contributed by atoms with Gasteiger partial charge in [0.15, 0.2) is 11.3 Å². The van der Waals surface area contributed by atoms with E-state index in [2.05, 4.69) is 93.3 Å². The molecule has 4 nitrogen and oxygen atoms in total. The van der Waals surface area contributed by atoms with Crippen molar-refractivity contribution in [3.63, 3.8) is 0 Å². The molecule has 1 aliphatic heterocycles. The number of nitrogens with zero attached hydrogens (tertiary/aromatic N) is 3. The topological polar surface area (TPSA) is 41.6 Å². The Morgan fingerprint density at radius 1 is 0.865 bits per heavy atom. The Kier molecular flexibility index (Phi) is 7.73. The first kappa shape index (κ1) is 25.3. The molecule has 0 spiro atoms. The molecule has 1 atom stereocenters. The van der Waals surface area contributed by atoms with Gasteiger partial charge in [-0.2, -0.15) is 0 Å². The highest BCUT2D eigenvalue weighted by atomic mass is 16.3. The molecule has 4 heteroatoms. The molecule has 2 aliphatic rings. The van der Waals surface area contributed by atoms with Gasteiger partial charge in [0, 0.05) is 48.2 Å². The largest absolute Gasteiger partial charge is 0.453 e. The summed E-state index contributed by atoms with van der Waals surface area (Å²) < 4.78 is 6.53. The molecule has 192 valence electrons. The van der Waals surface area contributed by atoms with Crippen LogP contribution < -0.4 is 10.3 Å². The summed E-state index contributed by atoms with van der Waals surface area (Å²) in [6, 6.07) is 21.5. The lowest BCUT2D eigenvalue weighted by atomic mass is 9.98. The van der Waals surface area contributed by atoms with Crippen molar-refractivity contribution >= 4 is 38.3 Å². The quantitative estimate of drug-likeness (QED) is 0.111. The van der Waals surface area contributed by atoms with Gasteiger partial charge in [-0.1, -0.05) is 57.4 Å². The molecule has 3 aromatic rings. The Balaban J connectivity index is 1.63. The molecule has 37 heavy (non-hydrogen) atoms. The fourth-order valence-electron chi connectivity index (χ4n) is 5.41. The molecule has 0 N–H and O–H groups in total. The van der Waals surface area contributed by atoms with Crippen molar-refractivity contribution in [2.45, 2.75) is 59.8 Å². The third-order valence-corrected chi connectivity index (χ3v) is 7.63. The van der Waals surface area contributed by atoms with E-state index >= 15 is 0 Å². The smallest absolute Gasteiger partial charge is 0.155 e. The summed E-state index contributed by atoms with van der Waals surface area (Å²) in [5.41, 5.74) is 3.75. The van der Waals surface area contributed by atoms with Crippen LogP contribution in [0.5, 0.6) is 0 Å². The van der Waals surface area contributed by atoms with Crippen LogP contribution in [0.2, 0.25) is 0 Å². The number of fused-ring (bicyclic) bond motifs is 5. The molecule has 3 aromatic carbocycles. The highest BCUT2D eigenvalue weighted by molar-refractivity contribution is 6.04. The third kappa shape index (κ3) is 5.34. The lowest BCUT2D eigenvalue weighted by molar-refractivity contribution is 0.459. The highest BCUT2D eigenvalue weighted by Crippen LogP contribution is 2.33. The number of hydrogen-bond donors (Lipinski definition) is 0. The van der Waals surface area contributed by atoms with Crippen LogP contribution >= 0.6 is 0 Å². The number of anilines is 1. The number of unbranched alkanes of at least 4 members (excludes halogenated alkanes) is 1. The fraction of sp³-hybridized carbons (Fsp3) is 0.394. The van der Waals surface area contributed by atoms with Gasteiger partial charge in [-0.25, -0.2) is 4.98 Å². The van der Waals surface area contributed by atoms with Gasteiger partial charge in [-0.3, -0.25) is 4.99 Å². The van der Waals surface area contributed by atoms with Crippen LogP contribution in [-0.2, 0) is 0 Å². The maximum Gasteiger partial charge on any atom is 0.155 e. The summed E-state index contributed by atoms with van der Waals surface area (Å²) in [5, 5.41) is 5.67. The van der Waals surface area contributed by atoms with Gasteiger partial charge in [0.25, 0.3) is 0 Å². The van der Waals surface area contributed by atoms with Crippen LogP contribution in [0, 0.1) is 5.92 Å². The van der Waals surface area contributed by atoms with Gasteiger partial charge in [0.05, 0.1) is 5.36 Å². The van der Waals surface area contributed by atoms with Gasteiger partial charge < -0.3 is 9.32 Å². The summed E-state index contributed by atoms with van der Waals surface area (Å²) in [4.78, 5) is 12.5. The van der Waals surface area contributed by atoms with E-state index in [1.165, 1.54) is 36.5 Å². The van der Waals surface area contributed by atoms with Crippen molar-refractivity contribution in [3.8, 4) is 11.5 Å². The molecule has 1 heterocycles. The van der Waals surface area contributed by atoms with Crippen molar-refractivity contribution in [1.29, 1.82) is 0 Å².